The number of benzene rings is 2. The summed E-state index contributed by atoms with van der Waals surface area (Å²) < 4.78 is 0. The second-order valence-corrected chi connectivity index (χ2v) is 6.18. The first kappa shape index (κ1) is 11.2. The maximum absolute atomic E-state index is 3.52. The van der Waals surface area contributed by atoms with Crippen molar-refractivity contribution in [1.29, 1.82) is 0 Å². The Bertz CT molecular complexity index is 618. The third kappa shape index (κ3) is 1.98. The maximum atomic E-state index is 3.52. The van der Waals surface area contributed by atoms with Crippen molar-refractivity contribution in [2.45, 2.75) is 22.6 Å². The first-order valence-corrected chi connectivity index (χ1v) is 7.65. The highest BCUT2D eigenvalue weighted by atomic mass is 32.2. The van der Waals surface area contributed by atoms with Gasteiger partial charge in [-0.15, -0.1) is 0 Å². The zero-order chi connectivity index (χ0) is 12.7. The Morgan fingerprint density at radius 2 is 1.68 bits per heavy atom. The van der Waals surface area contributed by atoms with E-state index in [1.54, 1.807) is 0 Å². The van der Waals surface area contributed by atoms with Crippen molar-refractivity contribution in [2.24, 2.45) is 0 Å². The van der Waals surface area contributed by atoms with Crippen LogP contribution >= 0.6 is 11.8 Å². The lowest BCUT2D eigenvalue weighted by molar-refractivity contribution is 0.949. The largest absolute Gasteiger partial charge is 0.372 e. The smallest absolute Gasteiger partial charge is 0.0527 e. The third-order valence-electron chi connectivity index (χ3n) is 3.81. The summed E-state index contributed by atoms with van der Waals surface area (Å²) in [7, 11) is 0. The molecule has 2 nitrogen and oxygen atoms in total. The molecule has 0 bridgehead atoms. The molecular formula is C16H16N2S. The van der Waals surface area contributed by atoms with Crippen molar-refractivity contribution in [3.63, 3.8) is 0 Å². The Labute approximate surface area is 117 Å². The molecule has 4 rings (SSSR count). The van der Waals surface area contributed by atoms with Crippen LogP contribution in [0.1, 0.15) is 12.8 Å². The van der Waals surface area contributed by atoms with Gasteiger partial charge in [-0.2, -0.15) is 0 Å². The van der Waals surface area contributed by atoms with Gasteiger partial charge in [0.25, 0.3) is 0 Å². The van der Waals surface area contributed by atoms with Gasteiger partial charge in [0, 0.05) is 28.6 Å². The second kappa shape index (κ2) is 4.49. The van der Waals surface area contributed by atoms with Crippen molar-refractivity contribution in [3.05, 3.63) is 42.5 Å². The first-order valence-electron chi connectivity index (χ1n) is 6.83. The van der Waals surface area contributed by atoms with Crippen LogP contribution in [0.3, 0.4) is 0 Å². The SMILES string of the molecule is c1ccc2c(c1)Nc1ccc(N3CCCC3)cc1S2. The average Bonchev–Trinajstić information content (AvgIpc) is 2.98. The fourth-order valence-electron chi connectivity index (χ4n) is 2.79. The van der Waals surface area contributed by atoms with E-state index in [0.717, 1.165) is 0 Å². The second-order valence-electron chi connectivity index (χ2n) is 5.10. The number of anilines is 3. The molecule has 0 spiro atoms. The molecule has 1 fully saturated rings. The molecule has 2 aliphatic rings. The van der Waals surface area contributed by atoms with E-state index >= 15 is 0 Å². The lowest BCUT2D eigenvalue weighted by Crippen LogP contribution is -2.17. The third-order valence-corrected chi connectivity index (χ3v) is 4.95. The zero-order valence-electron chi connectivity index (χ0n) is 10.7. The number of hydrogen-bond acceptors (Lipinski definition) is 3. The molecule has 0 unspecified atom stereocenters. The number of hydrogen-bond donors (Lipinski definition) is 1. The minimum absolute atomic E-state index is 1.20. The highest BCUT2D eigenvalue weighted by Crippen LogP contribution is 2.45. The average molecular weight is 268 g/mol. The molecule has 19 heavy (non-hydrogen) atoms. The van der Waals surface area contributed by atoms with E-state index in [0.29, 0.717) is 0 Å². The predicted molar refractivity (Wildman–Crippen MR) is 81.7 cm³/mol. The summed E-state index contributed by atoms with van der Waals surface area (Å²) >= 11 is 1.87. The van der Waals surface area contributed by atoms with Crippen LogP contribution in [-0.2, 0) is 0 Å². The molecule has 1 N–H and O–H groups in total. The molecule has 0 atom stereocenters. The van der Waals surface area contributed by atoms with Gasteiger partial charge in [0.1, 0.15) is 0 Å². The van der Waals surface area contributed by atoms with Crippen molar-refractivity contribution in [1.82, 2.24) is 0 Å². The van der Waals surface area contributed by atoms with E-state index in [2.05, 4.69) is 52.7 Å². The van der Waals surface area contributed by atoms with Gasteiger partial charge in [0.2, 0.25) is 0 Å². The lowest BCUT2D eigenvalue weighted by atomic mass is 10.2. The van der Waals surface area contributed by atoms with E-state index in [4.69, 9.17) is 0 Å². The van der Waals surface area contributed by atoms with Gasteiger partial charge in [-0.25, -0.2) is 0 Å². The summed E-state index contributed by atoms with van der Waals surface area (Å²) in [5.41, 5.74) is 3.81. The summed E-state index contributed by atoms with van der Waals surface area (Å²) in [4.78, 5) is 5.14. The van der Waals surface area contributed by atoms with Gasteiger partial charge < -0.3 is 10.2 Å². The summed E-state index contributed by atoms with van der Waals surface area (Å²) in [6.45, 7) is 2.40. The van der Waals surface area contributed by atoms with Gasteiger partial charge in [-0.1, -0.05) is 23.9 Å². The molecule has 2 aromatic rings. The van der Waals surface area contributed by atoms with Gasteiger partial charge in [0.15, 0.2) is 0 Å². The van der Waals surface area contributed by atoms with Gasteiger partial charge in [-0.3, -0.25) is 0 Å². The summed E-state index contributed by atoms with van der Waals surface area (Å²) in [5.74, 6) is 0. The minimum atomic E-state index is 1.20. The molecule has 2 aliphatic heterocycles. The van der Waals surface area contributed by atoms with Crippen LogP contribution in [0.15, 0.2) is 52.3 Å². The Morgan fingerprint density at radius 1 is 0.895 bits per heavy atom. The van der Waals surface area contributed by atoms with Gasteiger partial charge in [0.05, 0.1) is 11.4 Å². The molecule has 1 saturated heterocycles. The molecular weight excluding hydrogens is 252 g/mol. The zero-order valence-corrected chi connectivity index (χ0v) is 11.5. The van der Waals surface area contributed by atoms with Gasteiger partial charge in [-0.05, 0) is 43.2 Å². The molecule has 2 aromatic carbocycles. The highest BCUT2D eigenvalue weighted by molar-refractivity contribution is 7.99. The fourth-order valence-corrected chi connectivity index (χ4v) is 3.81. The Hall–Kier alpha value is -1.61. The Kier molecular flexibility index (Phi) is 2.66. The van der Waals surface area contributed by atoms with Crippen LogP contribution < -0.4 is 10.2 Å². The maximum Gasteiger partial charge on any atom is 0.0527 e. The minimum Gasteiger partial charge on any atom is -0.372 e. The monoisotopic (exact) mass is 268 g/mol. The topological polar surface area (TPSA) is 15.3 Å². The number of fused-ring (bicyclic) bond motifs is 2. The van der Waals surface area contributed by atoms with Crippen LogP contribution in [0.5, 0.6) is 0 Å². The van der Waals surface area contributed by atoms with Crippen LogP contribution in [0.25, 0.3) is 0 Å². The Morgan fingerprint density at radius 3 is 2.58 bits per heavy atom. The van der Waals surface area contributed by atoms with E-state index < -0.39 is 0 Å². The van der Waals surface area contributed by atoms with E-state index in [1.165, 1.54) is 52.8 Å². The standard InChI is InChI=1S/C16H16N2S/c1-2-6-15-13(5-1)17-14-8-7-12(11-16(14)19-15)18-9-3-4-10-18/h1-2,5-8,11,17H,3-4,9-10H2. The van der Waals surface area contributed by atoms with E-state index in [9.17, 15) is 0 Å². The molecule has 0 saturated carbocycles. The normalized spacial score (nSPS) is 16.7. The molecule has 3 heteroatoms. The van der Waals surface area contributed by atoms with E-state index in [-0.39, 0.29) is 0 Å². The van der Waals surface area contributed by atoms with Crippen LogP contribution in [0.4, 0.5) is 17.1 Å². The van der Waals surface area contributed by atoms with Crippen LogP contribution in [0, 0.1) is 0 Å². The number of rotatable bonds is 1. The first-order chi connectivity index (χ1) is 9.40. The number of para-hydroxylation sites is 1. The van der Waals surface area contributed by atoms with E-state index in [1.807, 2.05) is 11.8 Å². The Balaban J connectivity index is 1.70. The molecule has 0 amide bonds. The predicted octanol–water partition coefficient (Wildman–Crippen LogP) is 4.50. The lowest BCUT2D eigenvalue weighted by Gasteiger charge is -2.24. The van der Waals surface area contributed by atoms with Crippen molar-refractivity contribution in [2.75, 3.05) is 23.3 Å². The summed E-state index contributed by atoms with van der Waals surface area (Å²) in [6.07, 6.45) is 2.65. The van der Waals surface area contributed by atoms with Crippen LogP contribution in [0.2, 0.25) is 0 Å². The fraction of sp³-hybridized carbons (Fsp3) is 0.250. The molecule has 0 aliphatic carbocycles. The molecule has 96 valence electrons. The molecule has 2 heterocycles. The molecule has 0 aromatic heterocycles. The van der Waals surface area contributed by atoms with Crippen molar-refractivity contribution in [3.8, 4) is 0 Å². The van der Waals surface area contributed by atoms with Crippen LogP contribution in [-0.4, -0.2) is 13.1 Å². The summed E-state index contributed by atoms with van der Waals surface area (Å²) in [5, 5.41) is 3.52. The summed E-state index contributed by atoms with van der Waals surface area (Å²) in [6, 6.07) is 15.3. The quantitative estimate of drug-likeness (QED) is 0.699. The highest BCUT2D eigenvalue weighted by Gasteiger charge is 2.18. The van der Waals surface area contributed by atoms with Crippen molar-refractivity contribution < 1.29 is 0 Å². The number of nitrogens with zero attached hydrogens (tertiary/aromatic N) is 1. The number of nitrogens with one attached hydrogen (secondary N) is 1. The van der Waals surface area contributed by atoms with Crippen molar-refractivity contribution >= 4 is 28.8 Å². The van der Waals surface area contributed by atoms with Gasteiger partial charge >= 0.3 is 0 Å². The molecule has 0 radical (unpaired) electrons.